The molecule has 3 amide bonds. The molecule has 39 heavy (non-hydrogen) atoms. The fraction of sp³-hybridized carbons (Fsp3) is 0.115. The van der Waals surface area contributed by atoms with E-state index in [0.29, 0.717) is 38.9 Å². The Morgan fingerprint density at radius 2 is 1.95 bits per heavy atom. The first kappa shape index (κ1) is 27.8. The van der Waals surface area contributed by atoms with Crippen molar-refractivity contribution < 1.29 is 33.2 Å². The average molecular weight is 616 g/mol. The molecule has 0 aliphatic carbocycles. The van der Waals surface area contributed by atoms with Crippen LogP contribution in [0.25, 0.3) is 6.08 Å². The summed E-state index contributed by atoms with van der Waals surface area (Å²) in [5.74, 6) is -1.19. The van der Waals surface area contributed by atoms with E-state index < -0.39 is 34.3 Å². The maximum atomic E-state index is 13.4. The Bertz CT molecular complexity index is 1510. The summed E-state index contributed by atoms with van der Waals surface area (Å²) < 4.78 is 25.1. The van der Waals surface area contributed by atoms with Crippen molar-refractivity contribution in [3.05, 3.63) is 97.1 Å². The molecule has 1 heterocycles. The van der Waals surface area contributed by atoms with Gasteiger partial charge in [-0.3, -0.25) is 29.4 Å². The van der Waals surface area contributed by atoms with E-state index in [1.165, 1.54) is 43.5 Å². The molecule has 10 nitrogen and oxygen atoms in total. The molecule has 4 rings (SSSR count). The number of hydrogen-bond donors (Lipinski definition) is 1. The number of nitro benzene ring substituents is 1. The largest absolute Gasteiger partial charge is 0.493 e. The number of hydrogen-bond acceptors (Lipinski definition) is 8. The molecular formula is C26H19BrFN3O7S. The highest BCUT2D eigenvalue weighted by molar-refractivity contribution is 9.10. The fourth-order valence-electron chi connectivity index (χ4n) is 3.58. The summed E-state index contributed by atoms with van der Waals surface area (Å²) in [7, 11) is 1.43. The van der Waals surface area contributed by atoms with Gasteiger partial charge >= 0.3 is 0 Å². The number of nitro groups is 1. The predicted octanol–water partition coefficient (Wildman–Crippen LogP) is 5.76. The van der Waals surface area contributed by atoms with E-state index in [2.05, 4.69) is 21.2 Å². The normalized spacial score (nSPS) is 14.0. The van der Waals surface area contributed by atoms with Gasteiger partial charge < -0.3 is 14.8 Å². The van der Waals surface area contributed by atoms with E-state index >= 15 is 0 Å². The fourth-order valence-corrected chi connectivity index (χ4v) is 4.99. The van der Waals surface area contributed by atoms with Crippen LogP contribution in [0.4, 0.5) is 20.6 Å². The second-order valence-electron chi connectivity index (χ2n) is 8.08. The van der Waals surface area contributed by atoms with Crippen LogP contribution in [0, 0.1) is 15.9 Å². The first-order valence-corrected chi connectivity index (χ1v) is 12.8. The summed E-state index contributed by atoms with van der Waals surface area (Å²) in [6.45, 7) is -0.497. The molecule has 200 valence electrons. The van der Waals surface area contributed by atoms with Crippen LogP contribution in [-0.4, -0.2) is 40.5 Å². The van der Waals surface area contributed by atoms with Crippen molar-refractivity contribution in [1.29, 1.82) is 0 Å². The van der Waals surface area contributed by atoms with E-state index in [9.17, 15) is 28.9 Å². The zero-order chi connectivity index (χ0) is 28.1. The number of ether oxygens (including phenoxy) is 2. The SMILES string of the molecule is COc1cc(/C=C2/SC(=O)N(CC(=O)Nc3cccc(F)c3)C2=O)cc(Br)c1OCc1cccc([N+](=O)[O-])c1. The topological polar surface area (TPSA) is 128 Å². The summed E-state index contributed by atoms with van der Waals surface area (Å²) in [4.78, 5) is 49.1. The number of nitrogens with one attached hydrogen (secondary N) is 1. The maximum Gasteiger partial charge on any atom is 0.294 e. The standard InChI is InChI=1S/C26H19BrFN3O7S/c1-37-21-10-16(9-20(27)24(21)38-14-15-4-2-7-19(8-15)31(35)36)11-22-25(33)30(26(34)39-22)13-23(32)29-18-6-3-5-17(28)12-18/h2-12H,13-14H2,1H3,(H,29,32)/b22-11+. The number of amides is 3. The monoisotopic (exact) mass is 615 g/mol. The molecule has 0 spiro atoms. The number of nitrogens with zero attached hydrogens (tertiary/aromatic N) is 2. The molecule has 0 bridgehead atoms. The highest BCUT2D eigenvalue weighted by Crippen LogP contribution is 2.39. The van der Waals surface area contributed by atoms with Gasteiger partial charge in [-0.1, -0.05) is 18.2 Å². The highest BCUT2D eigenvalue weighted by Gasteiger charge is 2.36. The van der Waals surface area contributed by atoms with Gasteiger partial charge in [0.15, 0.2) is 11.5 Å². The number of carbonyl (C=O) groups excluding carboxylic acids is 3. The number of carbonyl (C=O) groups is 3. The van der Waals surface area contributed by atoms with Gasteiger partial charge in [-0.05, 0) is 75.2 Å². The maximum absolute atomic E-state index is 13.4. The van der Waals surface area contributed by atoms with E-state index in [1.54, 1.807) is 24.3 Å². The quantitative estimate of drug-likeness (QED) is 0.183. The van der Waals surface area contributed by atoms with Crippen molar-refractivity contribution in [3.8, 4) is 11.5 Å². The van der Waals surface area contributed by atoms with Gasteiger partial charge in [-0.25, -0.2) is 4.39 Å². The Morgan fingerprint density at radius 1 is 1.18 bits per heavy atom. The van der Waals surface area contributed by atoms with Crippen LogP contribution in [0.3, 0.4) is 0 Å². The molecule has 1 aliphatic rings. The minimum absolute atomic E-state index is 0.0343. The Balaban J connectivity index is 1.47. The van der Waals surface area contributed by atoms with E-state index in [1.807, 2.05) is 0 Å². The third-order valence-corrected chi connectivity index (χ3v) is 6.83. The number of halogens is 2. The lowest BCUT2D eigenvalue weighted by Gasteiger charge is -2.14. The first-order chi connectivity index (χ1) is 18.6. The van der Waals surface area contributed by atoms with Gasteiger partial charge in [-0.2, -0.15) is 0 Å². The summed E-state index contributed by atoms with van der Waals surface area (Å²) >= 11 is 4.09. The molecule has 1 saturated heterocycles. The smallest absolute Gasteiger partial charge is 0.294 e. The van der Waals surface area contributed by atoms with Crippen molar-refractivity contribution in [2.45, 2.75) is 6.61 Å². The van der Waals surface area contributed by atoms with Crippen molar-refractivity contribution in [2.24, 2.45) is 0 Å². The van der Waals surface area contributed by atoms with Crippen LogP contribution < -0.4 is 14.8 Å². The van der Waals surface area contributed by atoms with Crippen molar-refractivity contribution in [3.63, 3.8) is 0 Å². The lowest BCUT2D eigenvalue weighted by molar-refractivity contribution is -0.384. The number of rotatable bonds is 9. The van der Waals surface area contributed by atoms with E-state index in [-0.39, 0.29) is 22.9 Å². The molecule has 0 aromatic heterocycles. The zero-order valence-corrected chi connectivity index (χ0v) is 22.6. The van der Waals surface area contributed by atoms with Gasteiger partial charge in [0.1, 0.15) is 19.0 Å². The molecule has 0 atom stereocenters. The Morgan fingerprint density at radius 3 is 2.67 bits per heavy atom. The minimum Gasteiger partial charge on any atom is -0.493 e. The molecule has 0 unspecified atom stereocenters. The second-order valence-corrected chi connectivity index (χ2v) is 9.92. The van der Waals surface area contributed by atoms with Gasteiger partial charge in [0.2, 0.25) is 5.91 Å². The summed E-state index contributed by atoms with van der Waals surface area (Å²) in [6, 6.07) is 14.5. The number of imide groups is 1. The van der Waals surface area contributed by atoms with Crippen LogP contribution in [0.5, 0.6) is 11.5 Å². The predicted molar refractivity (Wildman–Crippen MR) is 146 cm³/mol. The Kier molecular flexibility index (Phi) is 8.62. The van der Waals surface area contributed by atoms with Crippen LogP contribution in [-0.2, 0) is 16.2 Å². The lowest BCUT2D eigenvalue weighted by Crippen LogP contribution is -2.36. The minimum atomic E-state index is -0.654. The van der Waals surface area contributed by atoms with E-state index in [0.717, 1.165) is 11.0 Å². The van der Waals surface area contributed by atoms with Crippen molar-refractivity contribution in [2.75, 3.05) is 19.0 Å². The average Bonchev–Trinajstić information content (AvgIpc) is 3.15. The molecule has 13 heteroatoms. The number of methoxy groups -OCH3 is 1. The van der Waals surface area contributed by atoms with Gasteiger partial charge in [0.05, 0.1) is 21.4 Å². The first-order valence-electron chi connectivity index (χ1n) is 11.2. The van der Waals surface area contributed by atoms with Crippen LogP contribution >= 0.6 is 27.7 Å². The molecule has 3 aromatic rings. The Hall–Kier alpha value is -4.23. The van der Waals surface area contributed by atoms with Gasteiger partial charge in [-0.15, -0.1) is 0 Å². The highest BCUT2D eigenvalue weighted by atomic mass is 79.9. The zero-order valence-electron chi connectivity index (χ0n) is 20.2. The molecular weight excluding hydrogens is 597 g/mol. The third kappa shape index (κ3) is 6.81. The summed E-state index contributed by atoms with van der Waals surface area (Å²) in [5.41, 5.74) is 1.23. The van der Waals surface area contributed by atoms with Crippen molar-refractivity contribution in [1.82, 2.24) is 4.90 Å². The van der Waals surface area contributed by atoms with Crippen LogP contribution in [0.2, 0.25) is 0 Å². The van der Waals surface area contributed by atoms with Crippen LogP contribution in [0.1, 0.15) is 11.1 Å². The number of anilines is 1. The molecule has 0 radical (unpaired) electrons. The molecule has 0 saturated carbocycles. The Labute approximate surface area is 234 Å². The molecule has 3 aromatic carbocycles. The van der Waals surface area contributed by atoms with Gasteiger partial charge in [0, 0.05) is 17.8 Å². The summed E-state index contributed by atoms with van der Waals surface area (Å²) in [5, 5.41) is 12.8. The lowest BCUT2D eigenvalue weighted by atomic mass is 10.1. The third-order valence-electron chi connectivity index (χ3n) is 5.34. The number of non-ortho nitro benzene ring substituents is 1. The van der Waals surface area contributed by atoms with Gasteiger partial charge in [0.25, 0.3) is 16.8 Å². The van der Waals surface area contributed by atoms with Crippen molar-refractivity contribution >= 4 is 62.2 Å². The molecule has 1 aliphatic heterocycles. The number of thioether (sulfide) groups is 1. The second kappa shape index (κ2) is 12.1. The summed E-state index contributed by atoms with van der Waals surface area (Å²) in [6.07, 6.45) is 1.48. The molecule has 1 fully saturated rings. The molecule has 1 N–H and O–H groups in total. The number of benzene rings is 3. The van der Waals surface area contributed by atoms with E-state index in [4.69, 9.17) is 9.47 Å². The van der Waals surface area contributed by atoms with Crippen LogP contribution in [0.15, 0.2) is 70.0 Å².